The number of hydrogen-bond acceptors (Lipinski definition) is 3. The van der Waals surface area contributed by atoms with Gasteiger partial charge in [0.25, 0.3) is 0 Å². The maximum absolute atomic E-state index is 13.8. The van der Waals surface area contributed by atoms with Gasteiger partial charge < -0.3 is 9.84 Å². The summed E-state index contributed by atoms with van der Waals surface area (Å²) in [5, 5.41) is 11.6. The minimum absolute atomic E-state index is 0.00426. The van der Waals surface area contributed by atoms with Crippen LogP contribution in [-0.2, 0) is 9.53 Å². The number of rotatable bonds is 2. The van der Waals surface area contributed by atoms with Gasteiger partial charge in [0.1, 0.15) is 5.78 Å². The molecule has 0 saturated heterocycles. The molecule has 0 aromatic rings. The summed E-state index contributed by atoms with van der Waals surface area (Å²) in [6.07, 6.45) is 5.71. The van der Waals surface area contributed by atoms with E-state index in [4.69, 9.17) is 4.74 Å². The molecule has 0 heterocycles. The van der Waals surface area contributed by atoms with Crippen LogP contribution in [0.2, 0.25) is 0 Å². The standard InChI is InChI=1S/C24H38O3/c1-7-8-9-12-22(4)15-19(25)23(5)16(2)10-13-24(17(3)21(22)26)14-11-18(27-6)20(23)24/h16-20,25H,7,10-15H2,1-6H3/t16-,17+,18-,19-,20?,22-,23+,24?/m1/s1. The van der Waals surface area contributed by atoms with Crippen LogP contribution in [0.4, 0.5) is 0 Å². The number of aliphatic hydroxyl groups is 1. The molecule has 3 nitrogen and oxygen atoms in total. The van der Waals surface area contributed by atoms with Gasteiger partial charge in [-0.1, -0.05) is 34.6 Å². The third kappa shape index (κ3) is 2.90. The lowest BCUT2D eigenvalue weighted by Gasteiger charge is -2.61. The van der Waals surface area contributed by atoms with E-state index in [1.54, 1.807) is 7.11 Å². The molecule has 8 atom stereocenters. The monoisotopic (exact) mass is 374 g/mol. The van der Waals surface area contributed by atoms with Gasteiger partial charge >= 0.3 is 0 Å². The van der Waals surface area contributed by atoms with Gasteiger partial charge in [-0.2, -0.15) is 0 Å². The van der Waals surface area contributed by atoms with Gasteiger partial charge in [0.15, 0.2) is 0 Å². The van der Waals surface area contributed by atoms with Gasteiger partial charge in [0.2, 0.25) is 0 Å². The molecule has 3 saturated carbocycles. The molecule has 0 aromatic carbocycles. The first-order valence-electron chi connectivity index (χ1n) is 10.9. The molecule has 3 fully saturated rings. The number of ketones is 1. The van der Waals surface area contributed by atoms with Crippen LogP contribution in [0.1, 0.15) is 79.6 Å². The fourth-order valence-corrected chi connectivity index (χ4v) is 7.07. The van der Waals surface area contributed by atoms with Crippen molar-refractivity contribution in [2.45, 2.75) is 91.8 Å². The van der Waals surface area contributed by atoms with Crippen LogP contribution in [0.25, 0.3) is 0 Å². The predicted molar refractivity (Wildman–Crippen MR) is 108 cm³/mol. The zero-order valence-corrected chi connectivity index (χ0v) is 18.1. The predicted octanol–water partition coefficient (Wildman–Crippen LogP) is 4.61. The fourth-order valence-electron chi connectivity index (χ4n) is 7.07. The van der Waals surface area contributed by atoms with E-state index in [1.165, 1.54) is 0 Å². The summed E-state index contributed by atoms with van der Waals surface area (Å²) >= 11 is 0. The molecular formula is C24H38O3. The van der Waals surface area contributed by atoms with Crippen LogP contribution >= 0.6 is 0 Å². The van der Waals surface area contributed by atoms with E-state index in [2.05, 4.69) is 32.6 Å². The Kier molecular flexibility index (Phi) is 5.56. The highest BCUT2D eigenvalue weighted by molar-refractivity contribution is 5.88. The molecule has 0 radical (unpaired) electrons. The van der Waals surface area contributed by atoms with Crippen molar-refractivity contribution >= 4 is 5.78 Å². The zero-order chi connectivity index (χ0) is 20.0. The Hall–Kier alpha value is -0.850. The number of hydrogen-bond donors (Lipinski definition) is 1. The van der Waals surface area contributed by atoms with Gasteiger partial charge in [-0.05, 0) is 49.4 Å². The normalized spacial score (nSPS) is 49.6. The molecule has 27 heavy (non-hydrogen) atoms. The van der Waals surface area contributed by atoms with Crippen molar-refractivity contribution in [1.29, 1.82) is 0 Å². The molecule has 0 spiro atoms. The van der Waals surface area contributed by atoms with Crippen LogP contribution in [0.5, 0.6) is 0 Å². The Morgan fingerprint density at radius 3 is 2.48 bits per heavy atom. The van der Waals surface area contributed by atoms with E-state index in [0.29, 0.717) is 24.5 Å². The van der Waals surface area contributed by atoms with Gasteiger partial charge in [0, 0.05) is 36.7 Å². The molecule has 3 heteroatoms. The first-order valence-corrected chi connectivity index (χ1v) is 10.9. The summed E-state index contributed by atoms with van der Waals surface area (Å²) in [4.78, 5) is 13.8. The molecule has 3 aliphatic carbocycles. The molecule has 2 unspecified atom stereocenters. The second kappa shape index (κ2) is 7.20. The number of carbonyl (C=O) groups excluding carboxylic acids is 1. The fraction of sp³-hybridized carbons (Fsp3) is 0.875. The minimum Gasteiger partial charge on any atom is -0.393 e. The zero-order valence-electron chi connectivity index (χ0n) is 18.1. The van der Waals surface area contributed by atoms with E-state index in [-0.39, 0.29) is 28.8 Å². The molecule has 1 N–H and O–H groups in total. The molecule has 0 amide bonds. The summed E-state index contributed by atoms with van der Waals surface area (Å²) in [5.74, 6) is 7.34. The van der Waals surface area contributed by atoms with Crippen molar-refractivity contribution < 1.29 is 14.6 Å². The van der Waals surface area contributed by atoms with Gasteiger partial charge in [-0.25, -0.2) is 0 Å². The maximum Gasteiger partial charge on any atom is 0.143 e. The van der Waals surface area contributed by atoms with Crippen molar-refractivity contribution in [2.75, 3.05) is 7.11 Å². The summed E-state index contributed by atoms with van der Waals surface area (Å²) in [7, 11) is 1.80. The van der Waals surface area contributed by atoms with Gasteiger partial charge in [-0.15, -0.1) is 11.8 Å². The third-order valence-electron chi connectivity index (χ3n) is 8.96. The van der Waals surface area contributed by atoms with Crippen molar-refractivity contribution in [3.63, 3.8) is 0 Å². The van der Waals surface area contributed by atoms with Gasteiger partial charge in [-0.3, -0.25) is 4.79 Å². The topological polar surface area (TPSA) is 46.5 Å². The highest BCUT2D eigenvalue weighted by Crippen LogP contribution is 2.68. The molecule has 152 valence electrons. The maximum atomic E-state index is 13.8. The summed E-state index contributed by atoms with van der Waals surface area (Å²) in [6, 6.07) is 0. The Morgan fingerprint density at radius 1 is 1.19 bits per heavy atom. The van der Waals surface area contributed by atoms with E-state index >= 15 is 0 Å². The van der Waals surface area contributed by atoms with Crippen molar-refractivity contribution in [3.05, 3.63) is 0 Å². The largest absolute Gasteiger partial charge is 0.393 e. The lowest BCUT2D eigenvalue weighted by Crippen LogP contribution is -2.62. The van der Waals surface area contributed by atoms with Crippen LogP contribution in [0.15, 0.2) is 0 Å². The SMILES string of the molecule is CCC#CC[C@]1(C)C[C@@H](O)[C@@]2(C)C3[C@H](OC)CCC3(CC[C@H]2C)[C@@H](C)C1=O. The Morgan fingerprint density at radius 2 is 1.85 bits per heavy atom. The van der Waals surface area contributed by atoms with Crippen LogP contribution in [-0.4, -0.2) is 30.2 Å². The number of Topliss-reactive ketones (excluding diaryl/α,β-unsaturated/α-hetero) is 1. The van der Waals surface area contributed by atoms with Crippen molar-refractivity contribution in [1.82, 2.24) is 0 Å². The molecule has 2 bridgehead atoms. The summed E-state index contributed by atoms with van der Waals surface area (Å²) in [5.41, 5.74) is -0.827. The molecule has 3 aliphatic rings. The first kappa shape index (κ1) is 20.9. The minimum atomic E-state index is -0.567. The number of aliphatic hydroxyl groups excluding tert-OH is 1. The van der Waals surface area contributed by atoms with Crippen LogP contribution in [0, 0.1) is 45.8 Å². The lowest BCUT2D eigenvalue weighted by molar-refractivity contribution is -0.191. The number of methoxy groups -OCH3 is 1. The van der Waals surface area contributed by atoms with E-state index in [0.717, 1.165) is 32.1 Å². The van der Waals surface area contributed by atoms with E-state index < -0.39 is 11.5 Å². The quantitative estimate of drug-likeness (QED) is 0.718. The van der Waals surface area contributed by atoms with E-state index in [1.807, 2.05) is 13.8 Å². The van der Waals surface area contributed by atoms with E-state index in [9.17, 15) is 9.90 Å². The Labute approximate surface area is 165 Å². The Bertz CT molecular complexity index is 646. The highest BCUT2D eigenvalue weighted by atomic mass is 16.5. The average molecular weight is 375 g/mol. The average Bonchev–Trinajstić information content (AvgIpc) is 3.04. The van der Waals surface area contributed by atoms with Crippen LogP contribution in [0.3, 0.4) is 0 Å². The summed E-state index contributed by atoms with van der Waals surface area (Å²) < 4.78 is 5.94. The van der Waals surface area contributed by atoms with Crippen molar-refractivity contribution in [3.8, 4) is 11.8 Å². The first-order chi connectivity index (χ1) is 12.7. The summed E-state index contributed by atoms with van der Waals surface area (Å²) in [6.45, 7) is 10.8. The molecule has 3 rings (SSSR count). The second-order valence-corrected chi connectivity index (χ2v) is 10.1. The molecular weight excluding hydrogens is 336 g/mol. The molecule has 0 aromatic heterocycles. The van der Waals surface area contributed by atoms with Crippen molar-refractivity contribution in [2.24, 2.45) is 34.0 Å². The third-order valence-corrected chi connectivity index (χ3v) is 8.96. The van der Waals surface area contributed by atoms with Crippen LogP contribution < -0.4 is 0 Å². The second-order valence-electron chi connectivity index (χ2n) is 10.1. The number of carbonyl (C=O) groups is 1. The van der Waals surface area contributed by atoms with Gasteiger partial charge in [0.05, 0.1) is 12.2 Å². The Balaban J connectivity index is 2.12. The molecule has 0 aliphatic heterocycles. The lowest BCUT2D eigenvalue weighted by atomic mass is 9.44. The smallest absolute Gasteiger partial charge is 0.143 e. The highest BCUT2D eigenvalue weighted by Gasteiger charge is 2.67. The number of ether oxygens (including phenoxy) is 1.